The molecule has 1 amide bonds. The van der Waals surface area contributed by atoms with Crippen LogP contribution in [0.1, 0.15) is 32.4 Å². The summed E-state index contributed by atoms with van der Waals surface area (Å²) in [6, 6.07) is 11.4. The number of hydrogen-bond donors (Lipinski definition) is 2. The van der Waals surface area contributed by atoms with Crippen molar-refractivity contribution in [3.05, 3.63) is 48.2 Å². The maximum absolute atomic E-state index is 13.6. The number of rotatable bonds is 7. The average Bonchev–Trinajstić information content (AvgIpc) is 3.22. The van der Waals surface area contributed by atoms with Crippen LogP contribution in [0.4, 0.5) is 24.5 Å². The van der Waals surface area contributed by atoms with E-state index in [1.165, 1.54) is 19.2 Å². The Bertz CT molecular complexity index is 1610. The minimum atomic E-state index is -4.45. The number of benzene rings is 2. The molecule has 1 aromatic heterocycles. The Kier molecular flexibility index (Phi) is 8.77. The first kappa shape index (κ1) is 30.1. The highest BCUT2D eigenvalue weighted by atomic mass is 32.2. The second kappa shape index (κ2) is 11.9. The largest absolute Gasteiger partial charge is 0.495 e. The van der Waals surface area contributed by atoms with Gasteiger partial charge >= 0.3 is 6.18 Å². The van der Waals surface area contributed by atoms with Crippen molar-refractivity contribution in [1.29, 1.82) is 0 Å². The van der Waals surface area contributed by atoms with Gasteiger partial charge in [0.2, 0.25) is 5.91 Å². The van der Waals surface area contributed by atoms with Crippen LogP contribution >= 0.6 is 0 Å². The number of ether oxygens (including phenoxy) is 1. The monoisotopic (exact) mass is 590 g/mol. The number of amides is 1. The summed E-state index contributed by atoms with van der Waals surface area (Å²) in [6.45, 7) is 3.06. The lowest BCUT2D eigenvalue weighted by Crippen LogP contribution is -2.47. The van der Waals surface area contributed by atoms with Crippen LogP contribution in [0.25, 0.3) is 10.9 Å². The third-order valence-electron chi connectivity index (χ3n) is 7.11. The molecular weight excluding hydrogens is 557 g/mol. The number of aromatic nitrogens is 1. The molecule has 0 aliphatic carbocycles. The summed E-state index contributed by atoms with van der Waals surface area (Å²) in [5.74, 6) is 6.08. The van der Waals surface area contributed by atoms with E-state index in [1.54, 1.807) is 31.2 Å². The van der Waals surface area contributed by atoms with Crippen molar-refractivity contribution < 1.29 is 31.1 Å². The summed E-state index contributed by atoms with van der Waals surface area (Å²) in [5.41, 5.74) is 1.85. The number of hydrogen-bond acceptors (Lipinski definition) is 6. The van der Waals surface area contributed by atoms with E-state index in [2.05, 4.69) is 22.5 Å². The van der Waals surface area contributed by atoms with Crippen LogP contribution in [0.2, 0.25) is 0 Å². The van der Waals surface area contributed by atoms with E-state index in [1.807, 2.05) is 17.9 Å². The van der Waals surface area contributed by atoms with Crippen molar-refractivity contribution in [2.45, 2.75) is 56.4 Å². The molecular formula is C29H33F3N4O4S. The molecule has 41 heavy (non-hydrogen) atoms. The molecule has 0 spiro atoms. The van der Waals surface area contributed by atoms with Crippen molar-refractivity contribution >= 4 is 38.0 Å². The number of nitrogens with one attached hydrogen (secondary N) is 2. The van der Waals surface area contributed by atoms with Crippen LogP contribution in [0, 0.1) is 11.8 Å². The quantitative estimate of drug-likeness (QED) is 0.381. The summed E-state index contributed by atoms with van der Waals surface area (Å²) >= 11 is 0. The third-order valence-corrected chi connectivity index (χ3v) is 8.22. The van der Waals surface area contributed by atoms with Crippen molar-refractivity contribution in [1.82, 2.24) is 9.47 Å². The summed E-state index contributed by atoms with van der Waals surface area (Å²) in [4.78, 5) is 13.8. The Morgan fingerprint density at radius 3 is 2.56 bits per heavy atom. The van der Waals surface area contributed by atoms with Gasteiger partial charge in [-0.15, -0.1) is 0 Å². The minimum Gasteiger partial charge on any atom is -0.495 e. The van der Waals surface area contributed by atoms with Gasteiger partial charge in [-0.2, -0.15) is 13.2 Å². The summed E-state index contributed by atoms with van der Waals surface area (Å²) in [6.07, 6.45) is -1.89. The van der Waals surface area contributed by atoms with E-state index in [-0.39, 0.29) is 35.1 Å². The highest BCUT2D eigenvalue weighted by molar-refractivity contribution is 7.90. The third kappa shape index (κ3) is 7.27. The normalized spacial score (nSPS) is 17.6. The number of sulfone groups is 1. The zero-order valence-corrected chi connectivity index (χ0v) is 24.1. The molecule has 2 unspecified atom stereocenters. The van der Waals surface area contributed by atoms with E-state index < -0.39 is 22.6 Å². The van der Waals surface area contributed by atoms with Crippen molar-refractivity contribution in [2.75, 3.05) is 37.1 Å². The highest BCUT2D eigenvalue weighted by Crippen LogP contribution is 2.32. The second-order valence-corrected chi connectivity index (χ2v) is 12.2. The number of methoxy groups -OCH3 is 1. The van der Waals surface area contributed by atoms with E-state index in [9.17, 15) is 26.4 Å². The molecule has 1 aliphatic rings. The van der Waals surface area contributed by atoms with Gasteiger partial charge in [-0.3, -0.25) is 4.79 Å². The van der Waals surface area contributed by atoms with Crippen LogP contribution in [0.3, 0.4) is 0 Å². The fourth-order valence-electron chi connectivity index (χ4n) is 5.18. The SMILES string of the molecule is COc1cc(S(C)(=O)=O)ccc1NCC#Cc1cc2c(NC3CCN(C(C)=O)C(C)C3)cccc2n1CC(F)(F)F. The predicted molar refractivity (Wildman–Crippen MR) is 153 cm³/mol. The first-order valence-electron chi connectivity index (χ1n) is 13.1. The molecule has 8 nitrogen and oxygen atoms in total. The number of carbonyl (C=O) groups excluding carboxylic acids is 1. The molecule has 0 bridgehead atoms. The standard InChI is InChI=1S/C29H33F3N4O4S/c1-19-15-21(12-14-35(19)20(2)37)34-25-8-5-9-27-24(25)16-22(36(27)18-29(30,31)32)7-6-13-33-26-11-10-23(41(4,38)39)17-28(26)40-3/h5,8-11,16-17,19,21,33-34H,12-15,18H2,1-4H3. The molecule has 12 heteroatoms. The van der Waals surface area contributed by atoms with E-state index in [0.29, 0.717) is 34.6 Å². The van der Waals surface area contributed by atoms with Crippen LogP contribution in [-0.4, -0.2) is 68.5 Å². The smallest absolute Gasteiger partial charge is 0.406 e. The summed E-state index contributed by atoms with van der Waals surface area (Å²) in [5, 5.41) is 7.15. The number of nitrogens with zero attached hydrogens (tertiary/aromatic N) is 2. The van der Waals surface area contributed by atoms with Crippen LogP contribution < -0.4 is 15.4 Å². The van der Waals surface area contributed by atoms with Crippen LogP contribution in [0.15, 0.2) is 47.4 Å². The number of halogens is 3. The van der Waals surface area contributed by atoms with E-state index in [4.69, 9.17) is 4.74 Å². The van der Waals surface area contributed by atoms with Gasteiger partial charge in [-0.25, -0.2) is 8.42 Å². The van der Waals surface area contributed by atoms with Crippen LogP contribution in [-0.2, 0) is 21.2 Å². The Hall–Kier alpha value is -3.85. The minimum absolute atomic E-state index is 0.0318. The Morgan fingerprint density at radius 2 is 1.93 bits per heavy atom. The fraction of sp³-hybridized carbons (Fsp3) is 0.414. The molecule has 3 aromatic rings. The molecule has 1 fully saturated rings. The zero-order valence-electron chi connectivity index (χ0n) is 23.3. The molecule has 220 valence electrons. The summed E-state index contributed by atoms with van der Waals surface area (Å²) < 4.78 is 70.8. The lowest BCUT2D eigenvalue weighted by Gasteiger charge is -2.37. The van der Waals surface area contributed by atoms with Crippen molar-refractivity contribution in [3.63, 3.8) is 0 Å². The number of anilines is 2. The zero-order chi connectivity index (χ0) is 29.9. The lowest BCUT2D eigenvalue weighted by molar-refractivity contribution is -0.140. The topological polar surface area (TPSA) is 92.7 Å². The van der Waals surface area contributed by atoms with Crippen molar-refractivity contribution in [3.8, 4) is 17.6 Å². The molecule has 2 N–H and O–H groups in total. The Balaban J connectivity index is 1.59. The van der Waals surface area contributed by atoms with Gasteiger partial charge < -0.3 is 24.8 Å². The number of carbonyl (C=O) groups is 1. The van der Waals surface area contributed by atoms with Crippen LogP contribution in [0.5, 0.6) is 5.75 Å². The van der Waals surface area contributed by atoms with Gasteiger partial charge in [-0.05, 0) is 56.0 Å². The maximum Gasteiger partial charge on any atom is 0.406 e. The van der Waals surface area contributed by atoms with Crippen molar-refractivity contribution in [2.24, 2.45) is 0 Å². The van der Waals surface area contributed by atoms with E-state index >= 15 is 0 Å². The van der Waals surface area contributed by atoms with Gasteiger partial charge in [0, 0.05) is 48.9 Å². The number of piperidine rings is 1. The van der Waals surface area contributed by atoms with Gasteiger partial charge in [0.05, 0.1) is 35.4 Å². The number of likely N-dealkylation sites (tertiary alicyclic amines) is 1. The molecule has 1 aliphatic heterocycles. The molecule has 2 atom stereocenters. The second-order valence-electron chi connectivity index (χ2n) is 10.2. The van der Waals surface area contributed by atoms with Gasteiger partial charge in [0.15, 0.2) is 9.84 Å². The lowest BCUT2D eigenvalue weighted by atomic mass is 9.97. The first-order valence-corrected chi connectivity index (χ1v) is 15.0. The molecule has 2 aromatic carbocycles. The number of alkyl halides is 3. The Morgan fingerprint density at radius 1 is 1.17 bits per heavy atom. The molecule has 4 rings (SSSR count). The van der Waals surface area contributed by atoms with Gasteiger partial charge in [0.25, 0.3) is 0 Å². The average molecular weight is 591 g/mol. The fourth-order valence-corrected chi connectivity index (χ4v) is 5.81. The number of fused-ring (bicyclic) bond motifs is 1. The molecule has 2 heterocycles. The summed E-state index contributed by atoms with van der Waals surface area (Å²) in [7, 11) is -2.01. The van der Waals surface area contributed by atoms with Gasteiger partial charge in [0.1, 0.15) is 12.3 Å². The predicted octanol–water partition coefficient (Wildman–Crippen LogP) is 4.89. The Labute approximate surface area is 237 Å². The highest BCUT2D eigenvalue weighted by Gasteiger charge is 2.31. The first-order chi connectivity index (χ1) is 19.3. The maximum atomic E-state index is 13.6. The molecule has 0 radical (unpaired) electrons. The molecule has 0 saturated carbocycles. The van der Waals surface area contributed by atoms with Gasteiger partial charge in [-0.1, -0.05) is 12.0 Å². The van der Waals surface area contributed by atoms with E-state index in [0.717, 1.165) is 23.7 Å². The molecule has 1 saturated heterocycles.